The van der Waals surface area contributed by atoms with E-state index in [2.05, 4.69) is 15.3 Å². The van der Waals surface area contributed by atoms with Crippen LogP contribution in [0.3, 0.4) is 0 Å². The minimum atomic E-state index is -0.599. The third-order valence-corrected chi connectivity index (χ3v) is 2.56. The van der Waals surface area contributed by atoms with Crippen LogP contribution < -0.4 is 10.1 Å². The van der Waals surface area contributed by atoms with Gasteiger partial charge in [0.05, 0.1) is 12.0 Å². The predicted molar refractivity (Wildman–Crippen MR) is 70.7 cm³/mol. The van der Waals surface area contributed by atoms with Crippen molar-refractivity contribution >= 4 is 11.5 Å². The number of phenolic OH excluding ortho intramolecular Hbond substituents is 1. The summed E-state index contributed by atoms with van der Waals surface area (Å²) in [7, 11) is 1.30. The van der Waals surface area contributed by atoms with Crippen LogP contribution >= 0.6 is 0 Å². The van der Waals surface area contributed by atoms with Crippen molar-refractivity contribution in [2.75, 3.05) is 12.4 Å². The van der Waals surface area contributed by atoms with Gasteiger partial charge in [0.1, 0.15) is 12.1 Å². The van der Waals surface area contributed by atoms with Gasteiger partial charge in [-0.2, -0.15) is 4.98 Å². The molecule has 0 unspecified atom stereocenters. The third kappa shape index (κ3) is 2.91. The van der Waals surface area contributed by atoms with Crippen molar-refractivity contribution in [2.24, 2.45) is 0 Å². The lowest BCUT2D eigenvalue weighted by Crippen LogP contribution is -2.07. The Morgan fingerprint density at radius 2 is 2.05 bits per heavy atom. The molecule has 1 aromatic carbocycles. The second-order valence-electron chi connectivity index (χ2n) is 3.86. The highest BCUT2D eigenvalue weighted by molar-refractivity contribution is 5.61. The normalized spacial score (nSPS) is 10.1. The summed E-state index contributed by atoms with van der Waals surface area (Å²) >= 11 is 0. The fourth-order valence-corrected chi connectivity index (χ4v) is 1.61. The van der Waals surface area contributed by atoms with Gasteiger partial charge in [0.2, 0.25) is 5.82 Å². The molecule has 104 valence electrons. The Balaban J connectivity index is 2.21. The molecule has 1 heterocycles. The van der Waals surface area contributed by atoms with Crippen LogP contribution in [0, 0.1) is 10.1 Å². The molecular weight excluding hydrogens is 264 g/mol. The zero-order chi connectivity index (χ0) is 14.5. The second kappa shape index (κ2) is 5.83. The van der Waals surface area contributed by atoms with Crippen LogP contribution in [-0.4, -0.2) is 27.1 Å². The van der Waals surface area contributed by atoms with Gasteiger partial charge in [-0.15, -0.1) is 0 Å². The summed E-state index contributed by atoms with van der Waals surface area (Å²) in [6.07, 6.45) is 1.19. The molecule has 1 aromatic heterocycles. The van der Waals surface area contributed by atoms with Crippen molar-refractivity contribution in [1.29, 1.82) is 0 Å². The average Bonchev–Trinajstić information content (AvgIpc) is 2.46. The first-order valence-electron chi connectivity index (χ1n) is 5.67. The lowest BCUT2D eigenvalue weighted by molar-refractivity contribution is -0.385. The van der Waals surface area contributed by atoms with Crippen LogP contribution in [0.4, 0.5) is 11.5 Å². The fourth-order valence-electron chi connectivity index (χ4n) is 1.61. The topological polar surface area (TPSA) is 110 Å². The number of hydrogen-bond donors (Lipinski definition) is 2. The molecule has 0 aliphatic heterocycles. The number of nitrogens with zero attached hydrogens (tertiary/aromatic N) is 3. The third-order valence-electron chi connectivity index (χ3n) is 2.56. The highest BCUT2D eigenvalue weighted by Crippen LogP contribution is 2.30. The zero-order valence-electron chi connectivity index (χ0n) is 10.6. The number of nitro groups is 1. The maximum atomic E-state index is 11.0. The molecule has 0 saturated carbocycles. The van der Waals surface area contributed by atoms with Gasteiger partial charge in [-0.3, -0.25) is 10.1 Å². The fraction of sp³-hybridized carbons (Fsp3) is 0.167. The zero-order valence-corrected chi connectivity index (χ0v) is 10.6. The van der Waals surface area contributed by atoms with E-state index in [1.165, 1.54) is 25.6 Å². The summed E-state index contributed by atoms with van der Waals surface area (Å²) in [6, 6.07) is 6.47. The molecule has 8 heteroatoms. The van der Waals surface area contributed by atoms with Crippen LogP contribution in [-0.2, 0) is 6.54 Å². The van der Waals surface area contributed by atoms with E-state index in [-0.39, 0.29) is 23.1 Å². The molecule has 8 nitrogen and oxygen atoms in total. The van der Waals surface area contributed by atoms with E-state index in [1.807, 2.05) is 0 Å². The number of aromatic nitrogens is 2. The first-order valence-corrected chi connectivity index (χ1v) is 5.67. The van der Waals surface area contributed by atoms with E-state index in [9.17, 15) is 15.2 Å². The van der Waals surface area contributed by atoms with Crippen molar-refractivity contribution < 1.29 is 14.8 Å². The smallest absolute Gasteiger partial charge is 0.372 e. The van der Waals surface area contributed by atoms with Gasteiger partial charge >= 0.3 is 5.69 Å². The number of anilines is 1. The summed E-state index contributed by atoms with van der Waals surface area (Å²) in [5, 5.41) is 23.1. The second-order valence-corrected chi connectivity index (χ2v) is 3.86. The lowest BCUT2D eigenvalue weighted by Gasteiger charge is -2.07. The highest BCUT2D eigenvalue weighted by Gasteiger charge is 2.23. The standard InChI is InChI=1S/C12H12N4O4/c1-20-12-10(16(18)19)11(14-7-15-12)13-6-8-2-4-9(17)5-3-8/h2-5,7,17H,6H2,1H3,(H,13,14,15). The molecule has 0 aliphatic carbocycles. The SMILES string of the molecule is COc1ncnc(NCc2ccc(O)cc2)c1[N+](=O)[O-]. The maximum Gasteiger partial charge on any atom is 0.372 e. The molecule has 0 spiro atoms. The van der Waals surface area contributed by atoms with Crippen molar-refractivity contribution in [3.63, 3.8) is 0 Å². The van der Waals surface area contributed by atoms with E-state index >= 15 is 0 Å². The molecule has 0 radical (unpaired) electrons. The van der Waals surface area contributed by atoms with Crippen molar-refractivity contribution in [1.82, 2.24) is 9.97 Å². The number of rotatable bonds is 5. The molecular formula is C12H12N4O4. The molecule has 0 aliphatic rings. The molecule has 0 fully saturated rings. The summed E-state index contributed by atoms with van der Waals surface area (Å²) < 4.78 is 4.85. The average molecular weight is 276 g/mol. The molecule has 0 bridgehead atoms. The number of aromatic hydroxyl groups is 1. The van der Waals surface area contributed by atoms with Crippen molar-refractivity contribution in [2.45, 2.75) is 6.54 Å². The summed E-state index contributed by atoms with van der Waals surface area (Å²) in [5.74, 6) is 0.136. The highest BCUT2D eigenvalue weighted by atomic mass is 16.6. The van der Waals surface area contributed by atoms with Crippen LogP contribution in [0.1, 0.15) is 5.56 Å². The van der Waals surface area contributed by atoms with Crippen LogP contribution in [0.5, 0.6) is 11.6 Å². The predicted octanol–water partition coefficient (Wildman–Crippen LogP) is 1.71. The number of benzene rings is 1. The van der Waals surface area contributed by atoms with E-state index in [1.54, 1.807) is 12.1 Å². The van der Waals surface area contributed by atoms with E-state index in [0.29, 0.717) is 6.54 Å². The van der Waals surface area contributed by atoms with Crippen LogP contribution in [0.25, 0.3) is 0 Å². The summed E-state index contributed by atoms with van der Waals surface area (Å²) in [5.41, 5.74) is 0.531. The Hall–Kier alpha value is -2.90. The summed E-state index contributed by atoms with van der Waals surface area (Å²) in [4.78, 5) is 18.0. The van der Waals surface area contributed by atoms with Gasteiger partial charge in [-0.25, -0.2) is 4.98 Å². The Morgan fingerprint density at radius 1 is 1.35 bits per heavy atom. The van der Waals surface area contributed by atoms with Crippen LogP contribution in [0.15, 0.2) is 30.6 Å². The van der Waals surface area contributed by atoms with Gasteiger partial charge < -0.3 is 15.2 Å². The quantitative estimate of drug-likeness (QED) is 0.631. The Kier molecular flexibility index (Phi) is 3.94. The molecule has 0 saturated heterocycles. The molecule has 2 aromatic rings. The number of phenols is 1. The van der Waals surface area contributed by atoms with Gasteiger partial charge in [-0.05, 0) is 17.7 Å². The monoisotopic (exact) mass is 276 g/mol. The largest absolute Gasteiger partial charge is 0.508 e. The first kappa shape index (κ1) is 13.5. The van der Waals surface area contributed by atoms with E-state index < -0.39 is 4.92 Å². The number of nitrogens with one attached hydrogen (secondary N) is 1. The Morgan fingerprint density at radius 3 is 2.65 bits per heavy atom. The Bertz CT molecular complexity index is 615. The van der Waals surface area contributed by atoms with E-state index in [4.69, 9.17) is 4.74 Å². The first-order chi connectivity index (χ1) is 9.61. The molecule has 0 amide bonds. The summed E-state index contributed by atoms with van der Waals surface area (Å²) in [6.45, 7) is 0.321. The van der Waals surface area contributed by atoms with Gasteiger partial charge in [0.15, 0.2) is 0 Å². The van der Waals surface area contributed by atoms with Gasteiger partial charge in [0, 0.05) is 6.54 Å². The van der Waals surface area contributed by atoms with Crippen molar-refractivity contribution in [3.8, 4) is 11.6 Å². The molecule has 0 atom stereocenters. The number of methoxy groups -OCH3 is 1. The van der Waals surface area contributed by atoms with Gasteiger partial charge in [0.25, 0.3) is 5.88 Å². The number of ether oxygens (including phenoxy) is 1. The minimum absolute atomic E-state index is 0.0786. The van der Waals surface area contributed by atoms with Crippen LogP contribution in [0.2, 0.25) is 0 Å². The molecule has 20 heavy (non-hydrogen) atoms. The maximum absolute atomic E-state index is 11.0. The minimum Gasteiger partial charge on any atom is -0.508 e. The van der Waals surface area contributed by atoms with Gasteiger partial charge in [-0.1, -0.05) is 12.1 Å². The molecule has 2 rings (SSSR count). The lowest BCUT2D eigenvalue weighted by atomic mass is 10.2. The van der Waals surface area contributed by atoms with E-state index in [0.717, 1.165) is 5.56 Å². The molecule has 2 N–H and O–H groups in total. The number of hydrogen-bond acceptors (Lipinski definition) is 7. The Labute approximate surface area is 114 Å². The van der Waals surface area contributed by atoms with Crippen molar-refractivity contribution in [3.05, 3.63) is 46.3 Å².